The zero-order chi connectivity index (χ0) is 11.5. The van der Waals surface area contributed by atoms with Gasteiger partial charge in [0, 0.05) is 5.54 Å². The number of ether oxygens (including phenoxy) is 1. The molecule has 3 heteroatoms. The Bertz CT molecular complexity index is 334. The molecule has 2 N–H and O–H groups in total. The Morgan fingerprint density at radius 1 is 1.40 bits per heavy atom. The second-order valence-corrected chi connectivity index (χ2v) is 4.32. The fourth-order valence-corrected chi connectivity index (χ4v) is 1.43. The van der Waals surface area contributed by atoms with E-state index in [1.54, 1.807) is 13.2 Å². The van der Waals surface area contributed by atoms with Crippen LogP contribution in [0.25, 0.3) is 0 Å². The normalized spacial score (nSPS) is 11.5. The average Bonchev–Trinajstić information content (AvgIpc) is 2.20. The Hall–Kier alpha value is -1.22. The van der Waals surface area contributed by atoms with E-state index in [1.807, 2.05) is 19.2 Å². The zero-order valence-corrected chi connectivity index (χ0v) is 9.79. The van der Waals surface area contributed by atoms with Gasteiger partial charge < -0.3 is 15.2 Å². The molecule has 15 heavy (non-hydrogen) atoms. The van der Waals surface area contributed by atoms with Gasteiger partial charge in [-0.2, -0.15) is 0 Å². The van der Waals surface area contributed by atoms with Crippen LogP contribution < -0.4 is 10.1 Å². The molecular formula is C12H19NO2. The molecule has 84 valence electrons. The number of hydrogen-bond acceptors (Lipinski definition) is 3. The van der Waals surface area contributed by atoms with Crippen molar-refractivity contribution in [3.8, 4) is 11.5 Å². The highest BCUT2D eigenvalue weighted by Gasteiger charge is 2.16. The number of nitrogens with one attached hydrogen (secondary N) is 1. The molecule has 3 nitrogen and oxygen atoms in total. The van der Waals surface area contributed by atoms with Crippen LogP contribution in [0.4, 0.5) is 0 Å². The lowest BCUT2D eigenvalue weighted by molar-refractivity contribution is 0.371. The summed E-state index contributed by atoms with van der Waals surface area (Å²) in [5.41, 5.74) is 1.19. The molecule has 0 fully saturated rings. The van der Waals surface area contributed by atoms with Crippen molar-refractivity contribution in [2.24, 2.45) is 0 Å². The van der Waals surface area contributed by atoms with Crippen molar-refractivity contribution >= 4 is 0 Å². The van der Waals surface area contributed by atoms with Gasteiger partial charge in [-0.15, -0.1) is 0 Å². The molecule has 1 aromatic rings. The first-order chi connectivity index (χ1) is 6.98. The van der Waals surface area contributed by atoms with E-state index < -0.39 is 0 Å². The molecule has 0 heterocycles. The lowest BCUT2D eigenvalue weighted by Crippen LogP contribution is -2.38. The van der Waals surface area contributed by atoms with Gasteiger partial charge in [-0.3, -0.25) is 0 Å². The lowest BCUT2D eigenvalue weighted by Gasteiger charge is -2.24. The van der Waals surface area contributed by atoms with Crippen LogP contribution in [0.1, 0.15) is 19.4 Å². The van der Waals surface area contributed by atoms with Gasteiger partial charge >= 0.3 is 0 Å². The van der Waals surface area contributed by atoms with Crippen molar-refractivity contribution in [1.82, 2.24) is 5.32 Å². The molecule has 0 aliphatic heterocycles. The third kappa shape index (κ3) is 3.13. The summed E-state index contributed by atoms with van der Waals surface area (Å²) < 4.78 is 5.06. The smallest absolute Gasteiger partial charge is 0.160 e. The fourth-order valence-electron chi connectivity index (χ4n) is 1.43. The van der Waals surface area contributed by atoms with Crippen LogP contribution in [0.3, 0.4) is 0 Å². The standard InChI is InChI=1S/C12H19NO2/c1-12(2,13-3)8-9-5-6-10(14)11(7-9)15-4/h5-7,13-14H,8H2,1-4H3. The monoisotopic (exact) mass is 209 g/mol. The minimum atomic E-state index is 0.0436. The molecule has 0 spiro atoms. The third-order valence-electron chi connectivity index (χ3n) is 2.57. The molecule has 0 unspecified atom stereocenters. The molecule has 0 saturated heterocycles. The first-order valence-electron chi connectivity index (χ1n) is 5.03. The lowest BCUT2D eigenvalue weighted by atomic mass is 9.95. The molecule has 0 atom stereocenters. The van der Waals surface area contributed by atoms with Gasteiger partial charge in [-0.1, -0.05) is 6.07 Å². The van der Waals surface area contributed by atoms with Gasteiger partial charge in [0.25, 0.3) is 0 Å². The average molecular weight is 209 g/mol. The van der Waals surface area contributed by atoms with Crippen molar-refractivity contribution < 1.29 is 9.84 Å². The number of phenols is 1. The quantitative estimate of drug-likeness (QED) is 0.796. The van der Waals surface area contributed by atoms with Crippen molar-refractivity contribution in [3.05, 3.63) is 23.8 Å². The van der Waals surface area contributed by atoms with Crippen LogP contribution in [0.2, 0.25) is 0 Å². The summed E-state index contributed by atoms with van der Waals surface area (Å²) in [5.74, 6) is 0.711. The van der Waals surface area contributed by atoms with Crippen molar-refractivity contribution in [2.75, 3.05) is 14.2 Å². The molecule has 0 aromatic heterocycles. The molecule has 0 radical (unpaired) electrons. The Labute approximate surface area is 91.1 Å². The van der Waals surface area contributed by atoms with Gasteiger partial charge in [-0.05, 0) is 45.0 Å². The fraction of sp³-hybridized carbons (Fsp3) is 0.500. The molecule has 0 amide bonds. The summed E-state index contributed by atoms with van der Waals surface area (Å²) in [7, 11) is 3.50. The van der Waals surface area contributed by atoms with Gasteiger partial charge in [0.1, 0.15) is 0 Å². The summed E-state index contributed by atoms with van der Waals surface area (Å²) in [5, 5.41) is 12.7. The maximum atomic E-state index is 9.45. The highest BCUT2D eigenvalue weighted by Crippen LogP contribution is 2.27. The Balaban J connectivity index is 2.87. The van der Waals surface area contributed by atoms with Crippen LogP contribution >= 0.6 is 0 Å². The topological polar surface area (TPSA) is 41.5 Å². The predicted molar refractivity (Wildman–Crippen MR) is 61.5 cm³/mol. The minimum absolute atomic E-state index is 0.0436. The molecule has 1 aromatic carbocycles. The van der Waals surface area contributed by atoms with Crippen LogP contribution in [-0.2, 0) is 6.42 Å². The maximum Gasteiger partial charge on any atom is 0.160 e. The van der Waals surface area contributed by atoms with Crippen LogP contribution in [0.15, 0.2) is 18.2 Å². The second kappa shape index (κ2) is 4.53. The SMILES string of the molecule is CNC(C)(C)Cc1ccc(O)c(OC)c1. The van der Waals surface area contributed by atoms with Crippen LogP contribution in [0.5, 0.6) is 11.5 Å². The van der Waals surface area contributed by atoms with Gasteiger partial charge in [0.2, 0.25) is 0 Å². The molecule has 1 rings (SSSR count). The van der Waals surface area contributed by atoms with Gasteiger partial charge in [0.15, 0.2) is 11.5 Å². The number of aromatic hydroxyl groups is 1. The highest BCUT2D eigenvalue weighted by molar-refractivity contribution is 5.42. The maximum absolute atomic E-state index is 9.45. The zero-order valence-electron chi connectivity index (χ0n) is 9.79. The summed E-state index contributed by atoms with van der Waals surface area (Å²) in [6.07, 6.45) is 0.889. The number of likely N-dealkylation sites (N-methyl/N-ethyl adjacent to an activating group) is 1. The molecule has 0 bridgehead atoms. The van der Waals surface area contributed by atoms with E-state index >= 15 is 0 Å². The summed E-state index contributed by atoms with van der Waals surface area (Å²) in [6, 6.07) is 5.45. The number of methoxy groups -OCH3 is 1. The summed E-state index contributed by atoms with van der Waals surface area (Å²) in [6.45, 7) is 4.26. The molecule has 0 aliphatic rings. The van der Waals surface area contributed by atoms with E-state index in [0.717, 1.165) is 12.0 Å². The van der Waals surface area contributed by atoms with E-state index in [9.17, 15) is 5.11 Å². The van der Waals surface area contributed by atoms with E-state index in [4.69, 9.17) is 4.74 Å². The molecular weight excluding hydrogens is 190 g/mol. The number of benzene rings is 1. The summed E-state index contributed by atoms with van der Waals surface area (Å²) >= 11 is 0. The van der Waals surface area contributed by atoms with Crippen LogP contribution in [-0.4, -0.2) is 24.8 Å². The van der Waals surface area contributed by atoms with Gasteiger partial charge in [0.05, 0.1) is 7.11 Å². The van der Waals surface area contributed by atoms with Crippen molar-refractivity contribution in [3.63, 3.8) is 0 Å². The highest BCUT2D eigenvalue weighted by atomic mass is 16.5. The minimum Gasteiger partial charge on any atom is -0.504 e. The van der Waals surface area contributed by atoms with Crippen molar-refractivity contribution in [1.29, 1.82) is 0 Å². The van der Waals surface area contributed by atoms with Crippen molar-refractivity contribution in [2.45, 2.75) is 25.8 Å². The first kappa shape index (κ1) is 11.9. The van der Waals surface area contributed by atoms with E-state index in [2.05, 4.69) is 19.2 Å². The van der Waals surface area contributed by atoms with E-state index in [1.165, 1.54) is 0 Å². The summed E-state index contributed by atoms with van der Waals surface area (Å²) in [4.78, 5) is 0. The number of rotatable bonds is 4. The van der Waals surface area contributed by atoms with E-state index in [0.29, 0.717) is 5.75 Å². The second-order valence-electron chi connectivity index (χ2n) is 4.32. The Morgan fingerprint density at radius 3 is 2.60 bits per heavy atom. The molecule has 0 aliphatic carbocycles. The Morgan fingerprint density at radius 2 is 2.07 bits per heavy atom. The number of phenolic OH excluding ortho intramolecular Hbond substituents is 1. The van der Waals surface area contributed by atoms with Gasteiger partial charge in [-0.25, -0.2) is 0 Å². The Kier molecular flexibility index (Phi) is 3.58. The number of hydrogen-bond donors (Lipinski definition) is 2. The van der Waals surface area contributed by atoms with E-state index in [-0.39, 0.29) is 11.3 Å². The first-order valence-corrected chi connectivity index (χ1v) is 5.03. The predicted octanol–water partition coefficient (Wildman–Crippen LogP) is 1.94. The van der Waals surface area contributed by atoms with Crippen LogP contribution in [0, 0.1) is 0 Å². The largest absolute Gasteiger partial charge is 0.504 e. The third-order valence-corrected chi connectivity index (χ3v) is 2.57. The molecule has 0 saturated carbocycles.